The lowest BCUT2D eigenvalue weighted by molar-refractivity contribution is 0.150. The van der Waals surface area contributed by atoms with Crippen molar-refractivity contribution < 1.29 is 0 Å². The highest BCUT2D eigenvalue weighted by Gasteiger charge is 2.22. The van der Waals surface area contributed by atoms with Gasteiger partial charge in [0.05, 0.1) is 0 Å². The smallest absolute Gasteiger partial charge is 0.0470 e. The molecule has 1 aromatic rings. The van der Waals surface area contributed by atoms with Crippen LogP contribution in [0.3, 0.4) is 0 Å². The van der Waals surface area contributed by atoms with Crippen molar-refractivity contribution in [2.45, 2.75) is 31.8 Å². The van der Waals surface area contributed by atoms with Gasteiger partial charge >= 0.3 is 0 Å². The Bertz CT molecular complexity index is 275. The molecule has 1 atom stereocenters. The summed E-state index contributed by atoms with van der Waals surface area (Å²) in [6, 6.07) is 5.46. The Hall–Kier alpha value is -0.800. The van der Waals surface area contributed by atoms with E-state index in [4.69, 9.17) is 0 Å². The molecule has 0 unspecified atom stereocenters. The molecule has 0 aliphatic carbocycles. The van der Waals surface area contributed by atoms with Crippen LogP contribution in [0.25, 0.3) is 0 Å². The maximum absolute atomic E-state index is 3.41. The summed E-state index contributed by atoms with van der Waals surface area (Å²) in [6.07, 6.45) is 4.53. The monoisotopic (exact) mass is 207 g/mol. The summed E-state index contributed by atoms with van der Waals surface area (Å²) in [7, 11) is 2.24. The first kappa shape index (κ1) is 10.7. The van der Waals surface area contributed by atoms with Crippen molar-refractivity contribution in [1.82, 2.24) is 15.2 Å². The first-order valence-electron chi connectivity index (χ1n) is 5.85. The van der Waals surface area contributed by atoms with Crippen molar-refractivity contribution in [2.24, 2.45) is 0 Å². The van der Waals surface area contributed by atoms with Crippen molar-refractivity contribution in [1.29, 1.82) is 0 Å². The van der Waals surface area contributed by atoms with E-state index in [-0.39, 0.29) is 0 Å². The van der Waals surface area contributed by atoms with E-state index in [0.717, 1.165) is 19.1 Å². The standard InChI is InChI=1S/C12H21N3/c1-10(12-4-3-7-14-12)15(2)11-5-8-13-9-6-11/h3-4,7,10-11,13-14H,5-6,8-9H2,1-2H3/t10-/m1/s1. The summed E-state index contributed by atoms with van der Waals surface area (Å²) >= 11 is 0. The highest BCUT2D eigenvalue weighted by atomic mass is 15.2. The zero-order valence-electron chi connectivity index (χ0n) is 9.66. The van der Waals surface area contributed by atoms with Gasteiger partial charge in [-0.1, -0.05) is 0 Å². The first-order chi connectivity index (χ1) is 7.29. The molecule has 1 saturated heterocycles. The number of piperidine rings is 1. The predicted molar refractivity (Wildman–Crippen MR) is 62.9 cm³/mol. The Morgan fingerprint density at radius 2 is 2.13 bits per heavy atom. The van der Waals surface area contributed by atoms with Crippen molar-refractivity contribution >= 4 is 0 Å². The normalized spacial score (nSPS) is 20.7. The van der Waals surface area contributed by atoms with Gasteiger partial charge in [-0.3, -0.25) is 4.90 Å². The van der Waals surface area contributed by atoms with E-state index < -0.39 is 0 Å². The minimum atomic E-state index is 0.489. The van der Waals surface area contributed by atoms with Gasteiger partial charge in [0.1, 0.15) is 0 Å². The van der Waals surface area contributed by atoms with Crippen LogP contribution >= 0.6 is 0 Å². The summed E-state index contributed by atoms with van der Waals surface area (Å²) in [5.41, 5.74) is 1.32. The molecule has 2 rings (SSSR count). The third kappa shape index (κ3) is 2.41. The van der Waals surface area contributed by atoms with Gasteiger partial charge in [0, 0.05) is 24.0 Å². The molecule has 1 aliphatic heterocycles. The van der Waals surface area contributed by atoms with E-state index in [1.807, 2.05) is 6.20 Å². The van der Waals surface area contributed by atoms with Crippen molar-refractivity contribution in [3.05, 3.63) is 24.0 Å². The van der Waals surface area contributed by atoms with Crippen LogP contribution in [0.4, 0.5) is 0 Å². The lowest BCUT2D eigenvalue weighted by Gasteiger charge is -2.35. The average Bonchev–Trinajstić information content (AvgIpc) is 2.82. The predicted octanol–water partition coefficient (Wildman–Crippen LogP) is 1.76. The zero-order chi connectivity index (χ0) is 10.7. The Morgan fingerprint density at radius 3 is 2.73 bits per heavy atom. The molecule has 1 fully saturated rings. The zero-order valence-corrected chi connectivity index (χ0v) is 9.66. The fourth-order valence-electron chi connectivity index (χ4n) is 2.35. The average molecular weight is 207 g/mol. The van der Waals surface area contributed by atoms with Gasteiger partial charge in [0.15, 0.2) is 0 Å². The number of hydrogen-bond donors (Lipinski definition) is 2. The Labute approximate surface area is 91.9 Å². The van der Waals surface area contributed by atoms with E-state index in [0.29, 0.717) is 6.04 Å². The van der Waals surface area contributed by atoms with E-state index >= 15 is 0 Å². The second-order valence-corrected chi connectivity index (χ2v) is 4.45. The summed E-state index contributed by atoms with van der Waals surface area (Å²) in [5.74, 6) is 0. The number of rotatable bonds is 3. The lowest BCUT2D eigenvalue weighted by atomic mass is 10.0. The highest BCUT2D eigenvalue weighted by Crippen LogP contribution is 2.22. The molecule has 0 spiro atoms. The number of nitrogens with zero attached hydrogens (tertiary/aromatic N) is 1. The molecule has 0 bridgehead atoms. The van der Waals surface area contributed by atoms with Gasteiger partial charge in [-0.2, -0.15) is 0 Å². The third-order valence-corrected chi connectivity index (χ3v) is 3.57. The lowest BCUT2D eigenvalue weighted by Crippen LogP contribution is -2.42. The quantitative estimate of drug-likeness (QED) is 0.791. The fourth-order valence-corrected chi connectivity index (χ4v) is 2.35. The molecule has 0 saturated carbocycles. The summed E-state index contributed by atoms with van der Waals surface area (Å²) in [6.45, 7) is 4.59. The van der Waals surface area contributed by atoms with Crippen LogP contribution in [0.1, 0.15) is 31.5 Å². The van der Waals surface area contributed by atoms with E-state index in [2.05, 4.69) is 41.3 Å². The van der Waals surface area contributed by atoms with Gasteiger partial charge in [0.25, 0.3) is 0 Å². The molecular weight excluding hydrogens is 186 g/mol. The highest BCUT2D eigenvalue weighted by molar-refractivity contribution is 5.08. The van der Waals surface area contributed by atoms with Gasteiger partial charge in [-0.25, -0.2) is 0 Å². The van der Waals surface area contributed by atoms with Crippen LogP contribution in [0, 0.1) is 0 Å². The molecule has 1 aromatic heterocycles. The number of aromatic amines is 1. The maximum Gasteiger partial charge on any atom is 0.0470 e. The van der Waals surface area contributed by atoms with Crippen molar-refractivity contribution in [3.63, 3.8) is 0 Å². The first-order valence-corrected chi connectivity index (χ1v) is 5.85. The molecule has 2 heterocycles. The Morgan fingerprint density at radius 1 is 1.40 bits per heavy atom. The molecule has 1 aliphatic rings. The summed E-state index contributed by atoms with van der Waals surface area (Å²) in [4.78, 5) is 5.79. The molecule has 0 radical (unpaired) electrons. The maximum atomic E-state index is 3.41. The van der Waals surface area contributed by atoms with Gasteiger partial charge < -0.3 is 10.3 Å². The summed E-state index contributed by atoms with van der Waals surface area (Å²) in [5, 5.41) is 3.41. The van der Waals surface area contributed by atoms with Crippen LogP contribution in [-0.2, 0) is 0 Å². The minimum Gasteiger partial charge on any atom is -0.364 e. The van der Waals surface area contributed by atoms with E-state index in [1.54, 1.807) is 0 Å². The van der Waals surface area contributed by atoms with Crippen LogP contribution in [0.2, 0.25) is 0 Å². The molecular formula is C12H21N3. The Kier molecular flexibility index (Phi) is 3.44. The minimum absolute atomic E-state index is 0.489. The Balaban J connectivity index is 1.97. The summed E-state index contributed by atoms with van der Waals surface area (Å²) < 4.78 is 0. The number of hydrogen-bond acceptors (Lipinski definition) is 2. The van der Waals surface area contributed by atoms with Crippen LogP contribution in [0.15, 0.2) is 18.3 Å². The molecule has 84 valence electrons. The second kappa shape index (κ2) is 4.81. The number of nitrogens with one attached hydrogen (secondary N) is 2. The number of aromatic nitrogens is 1. The van der Waals surface area contributed by atoms with E-state index in [1.165, 1.54) is 18.5 Å². The van der Waals surface area contributed by atoms with Crippen LogP contribution < -0.4 is 5.32 Å². The second-order valence-electron chi connectivity index (χ2n) is 4.45. The fraction of sp³-hybridized carbons (Fsp3) is 0.667. The van der Waals surface area contributed by atoms with Gasteiger partial charge in [-0.05, 0) is 52.0 Å². The van der Waals surface area contributed by atoms with Crippen molar-refractivity contribution in [3.8, 4) is 0 Å². The number of H-pyrrole nitrogens is 1. The molecule has 0 amide bonds. The molecule has 3 heteroatoms. The molecule has 2 N–H and O–H groups in total. The van der Waals surface area contributed by atoms with Crippen LogP contribution in [-0.4, -0.2) is 36.1 Å². The topological polar surface area (TPSA) is 31.1 Å². The largest absolute Gasteiger partial charge is 0.364 e. The van der Waals surface area contributed by atoms with Gasteiger partial charge in [-0.15, -0.1) is 0 Å². The molecule has 3 nitrogen and oxygen atoms in total. The van der Waals surface area contributed by atoms with Gasteiger partial charge in [0.2, 0.25) is 0 Å². The molecule has 15 heavy (non-hydrogen) atoms. The van der Waals surface area contributed by atoms with E-state index in [9.17, 15) is 0 Å². The van der Waals surface area contributed by atoms with Crippen molar-refractivity contribution in [2.75, 3.05) is 20.1 Å². The molecule has 0 aromatic carbocycles. The van der Waals surface area contributed by atoms with Crippen LogP contribution in [0.5, 0.6) is 0 Å². The SMILES string of the molecule is C[C@H](c1ccc[nH]1)N(C)C1CCNCC1. The third-order valence-electron chi connectivity index (χ3n) is 3.57.